The second kappa shape index (κ2) is 6.23. The summed E-state index contributed by atoms with van der Waals surface area (Å²) in [5.41, 5.74) is 0.194. The lowest BCUT2D eigenvalue weighted by Crippen LogP contribution is -2.30. The van der Waals surface area contributed by atoms with Crippen molar-refractivity contribution in [2.24, 2.45) is 5.41 Å². The Morgan fingerprint density at radius 1 is 1.39 bits per heavy atom. The molecule has 0 fully saturated rings. The summed E-state index contributed by atoms with van der Waals surface area (Å²) in [6, 6.07) is 0. The molecule has 0 unspecified atom stereocenters. The molecule has 0 spiro atoms. The normalized spacial score (nSPS) is 11.4. The van der Waals surface area contributed by atoms with Crippen LogP contribution >= 0.6 is 11.6 Å². The summed E-state index contributed by atoms with van der Waals surface area (Å²) in [4.78, 5) is 10.7. The summed E-state index contributed by atoms with van der Waals surface area (Å²) in [6.45, 7) is 10.4. The van der Waals surface area contributed by atoms with E-state index in [1.54, 1.807) is 6.20 Å². The molecular formula is C13H23ClN4. The average Bonchev–Trinajstić information content (AvgIpc) is 2.25. The molecule has 4 nitrogen and oxygen atoms in total. The van der Waals surface area contributed by atoms with E-state index in [-0.39, 0.29) is 5.41 Å². The molecule has 102 valence electrons. The van der Waals surface area contributed by atoms with Crippen molar-refractivity contribution in [2.75, 3.05) is 30.4 Å². The molecule has 0 saturated heterocycles. The maximum absolute atomic E-state index is 6.16. The highest BCUT2D eigenvalue weighted by molar-refractivity contribution is 6.32. The Hall–Kier alpha value is -1.03. The maximum Gasteiger partial charge on any atom is 0.224 e. The fourth-order valence-corrected chi connectivity index (χ4v) is 1.97. The largest absolute Gasteiger partial charge is 0.358 e. The molecule has 0 aliphatic heterocycles. The molecule has 0 saturated carbocycles. The van der Waals surface area contributed by atoms with Gasteiger partial charge in [-0.05, 0) is 11.8 Å². The number of nitrogens with one attached hydrogen (secondary N) is 1. The highest BCUT2D eigenvalue weighted by atomic mass is 35.5. The van der Waals surface area contributed by atoms with Crippen LogP contribution in [0, 0.1) is 5.41 Å². The zero-order chi connectivity index (χ0) is 13.8. The van der Waals surface area contributed by atoms with Gasteiger partial charge in [0, 0.05) is 20.1 Å². The Kier molecular flexibility index (Phi) is 5.20. The lowest BCUT2D eigenvalue weighted by molar-refractivity contribution is 0.418. The summed E-state index contributed by atoms with van der Waals surface area (Å²) in [7, 11) is 2.00. The molecule has 1 aromatic rings. The zero-order valence-electron chi connectivity index (χ0n) is 11.9. The first-order chi connectivity index (χ1) is 8.33. The standard InChI is InChI=1S/C13H23ClN4/c1-6-7-15-12-16-8-10(14)11(17-12)18(5)9-13(2,3)4/h8H,6-7,9H2,1-5H3,(H,15,16,17). The number of anilines is 2. The van der Waals surface area contributed by atoms with Gasteiger partial charge in [-0.25, -0.2) is 4.98 Å². The highest BCUT2D eigenvalue weighted by Gasteiger charge is 2.17. The van der Waals surface area contributed by atoms with Gasteiger partial charge in [-0.2, -0.15) is 4.98 Å². The first kappa shape index (κ1) is 15.0. The van der Waals surface area contributed by atoms with E-state index < -0.39 is 0 Å². The minimum atomic E-state index is 0.194. The average molecular weight is 271 g/mol. The third-order valence-electron chi connectivity index (χ3n) is 2.33. The van der Waals surface area contributed by atoms with Crippen LogP contribution in [-0.4, -0.2) is 30.1 Å². The van der Waals surface area contributed by atoms with Crippen molar-refractivity contribution in [3.63, 3.8) is 0 Å². The summed E-state index contributed by atoms with van der Waals surface area (Å²) in [5.74, 6) is 1.41. The Morgan fingerprint density at radius 3 is 2.61 bits per heavy atom. The van der Waals surface area contributed by atoms with Gasteiger partial charge in [0.25, 0.3) is 0 Å². The third-order valence-corrected chi connectivity index (χ3v) is 2.60. The van der Waals surface area contributed by atoms with Gasteiger partial charge in [-0.3, -0.25) is 0 Å². The van der Waals surface area contributed by atoms with Gasteiger partial charge in [0.2, 0.25) is 5.95 Å². The second-order valence-corrected chi connectivity index (χ2v) is 6.12. The van der Waals surface area contributed by atoms with Crippen LogP contribution in [0.3, 0.4) is 0 Å². The molecule has 5 heteroatoms. The van der Waals surface area contributed by atoms with Gasteiger partial charge < -0.3 is 10.2 Å². The van der Waals surface area contributed by atoms with Crippen LogP contribution in [0.5, 0.6) is 0 Å². The Bertz CT molecular complexity index is 387. The zero-order valence-corrected chi connectivity index (χ0v) is 12.7. The number of hydrogen-bond acceptors (Lipinski definition) is 4. The molecule has 0 bridgehead atoms. The number of rotatable bonds is 5. The molecule has 1 heterocycles. The van der Waals surface area contributed by atoms with E-state index >= 15 is 0 Å². The van der Waals surface area contributed by atoms with Crippen molar-refractivity contribution in [1.29, 1.82) is 0 Å². The predicted molar refractivity (Wildman–Crippen MR) is 78.5 cm³/mol. The van der Waals surface area contributed by atoms with E-state index in [2.05, 4.69) is 47.9 Å². The van der Waals surface area contributed by atoms with Crippen LogP contribution in [0.4, 0.5) is 11.8 Å². The molecule has 0 amide bonds. The molecule has 1 N–H and O–H groups in total. The van der Waals surface area contributed by atoms with E-state index in [0.717, 1.165) is 25.3 Å². The monoisotopic (exact) mass is 270 g/mol. The van der Waals surface area contributed by atoms with E-state index in [4.69, 9.17) is 11.6 Å². The van der Waals surface area contributed by atoms with Gasteiger partial charge in [-0.15, -0.1) is 0 Å². The summed E-state index contributed by atoms with van der Waals surface area (Å²) >= 11 is 6.16. The van der Waals surface area contributed by atoms with Gasteiger partial charge in [-0.1, -0.05) is 39.3 Å². The lowest BCUT2D eigenvalue weighted by atomic mass is 9.96. The molecule has 0 atom stereocenters. The van der Waals surface area contributed by atoms with Crippen molar-refractivity contribution in [2.45, 2.75) is 34.1 Å². The van der Waals surface area contributed by atoms with Gasteiger partial charge in [0.05, 0.1) is 6.20 Å². The van der Waals surface area contributed by atoms with Crippen molar-refractivity contribution in [3.8, 4) is 0 Å². The topological polar surface area (TPSA) is 41.1 Å². The van der Waals surface area contributed by atoms with E-state index in [1.165, 1.54) is 0 Å². The minimum absolute atomic E-state index is 0.194. The van der Waals surface area contributed by atoms with E-state index in [1.807, 2.05) is 7.05 Å². The Morgan fingerprint density at radius 2 is 2.06 bits per heavy atom. The predicted octanol–water partition coefficient (Wildman–Crippen LogP) is 3.43. The molecule has 0 aliphatic rings. The van der Waals surface area contributed by atoms with Crippen LogP contribution in [0.1, 0.15) is 34.1 Å². The first-order valence-corrected chi connectivity index (χ1v) is 6.69. The summed E-state index contributed by atoms with van der Waals surface area (Å²) in [6.07, 6.45) is 2.69. The van der Waals surface area contributed by atoms with Crippen molar-refractivity contribution in [3.05, 3.63) is 11.2 Å². The third kappa shape index (κ3) is 4.69. The second-order valence-electron chi connectivity index (χ2n) is 5.71. The first-order valence-electron chi connectivity index (χ1n) is 6.31. The lowest BCUT2D eigenvalue weighted by Gasteiger charge is -2.28. The molecule has 18 heavy (non-hydrogen) atoms. The van der Waals surface area contributed by atoms with Crippen LogP contribution in [0.25, 0.3) is 0 Å². The summed E-state index contributed by atoms with van der Waals surface area (Å²) < 4.78 is 0. The van der Waals surface area contributed by atoms with Crippen molar-refractivity contribution in [1.82, 2.24) is 9.97 Å². The fourth-order valence-electron chi connectivity index (χ4n) is 1.73. The van der Waals surface area contributed by atoms with Crippen LogP contribution in [0.2, 0.25) is 5.02 Å². The van der Waals surface area contributed by atoms with Crippen LogP contribution < -0.4 is 10.2 Å². The number of nitrogens with zero attached hydrogens (tertiary/aromatic N) is 3. The van der Waals surface area contributed by atoms with E-state index in [0.29, 0.717) is 11.0 Å². The Labute approximate surface area is 115 Å². The van der Waals surface area contributed by atoms with Gasteiger partial charge in [0.1, 0.15) is 5.02 Å². The molecule has 0 radical (unpaired) electrons. The van der Waals surface area contributed by atoms with Crippen molar-refractivity contribution < 1.29 is 0 Å². The maximum atomic E-state index is 6.16. The Balaban J connectivity index is 2.86. The van der Waals surface area contributed by atoms with Crippen molar-refractivity contribution >= 4 is 23.4 Å². The van der Waals surface area contributed by atoms with Gasteiger partial charge >= 0.3 is 0 Å². The van der Waals surface area contributed by atoms with E-state index in [9.17, 15) is 0 Å². The molecule has 1 rings (SSSR count). The molecule has 0 aliphatic carbocycles. The fraction of sp³-hybridized carbons (Fsp3) is 0.692. The quantitative estimate of drug-likeness (QED) is 0.890. The number of aromatic nitrogens is 2. The molecular weight excluding hydrogens is 248 g/mol. The van der Waals surface area contributed by atoms with Gasteiger partial charge in [0.15, 0.2) is 5.82 Å². The SMILES string of the molecule is CCCNc1ncc(Cl)c(N(C)CC(C)(C)C)n1. The van der Waals surface area contributed by atoms with Crippen LogP contribution in [-0.2, 0) is 0 Å². The number of halogens is 1. The minimum Gasteiger partial charge on any atom is -0.358 e. The summed E-state index contributed by atoms with van der Waals surface area (Å²) in [5, 5.41) is 3.76. The highest BCUT2D eigenvalue weighted by Crippen LogP contribution is 2.25. The molecule has 1 aromatic heterocycles. The van der Waals surface area contributed by atoms with Crippen LogP contribution in [0.15, 0.2) is 6.20 Å². The smallest absolute Gasteiger partial charge is 0.224 e. The molecule has 0 aromatic carbocycles. The number of hydrogen-bond donors (Lipinski definition) is 1.